The van der Waals surface area contributed by atoms with E-state index in [4.69, 9.17) is 5.21 Å². The van der Waals surface area contributed by atoms with Crippen molar-refractivity contribution in [1.29, 1.82) is 0 Å². The van der Waals surface area contributed by atoms with Crippen LogP contribution in [0.15, 0.2) is 63.6 Å². The van der Waals surface area contributed by atoms with Crippen LogP contribution in [-0.2, 0) is 7.05 Å². The molecule has 86 valence electrons. The van der Waals surface area contributed by atoms with Gasteiger partial charge in [0.15, 0.2) is 6.20 Å². The molecule has 4 heteroatoms. The number of rotatable bonds is 3. The summed E-state index contributed by atoms with van der Waals surface area (Å²) >= 11 is 1.68. The number of benzene rings is 1. The van der Waals surface area contributed by atoms with Gasteiger partial charge < -0.3 is 5.21 Å². The molecule has 0 atom stereocenters. The van der Waals surface area contributed by atoms with Crippen LogP contribution < -0.4 is 4.57 Å². The zero-order valence-corrected chi connectivity index (χ0v) is 10.3. The van der Waals surface area contributed by atoms with Gasteiger partial charge in [0.2, 0.25) is 5.69 Å². The molecule has 2 rings (SSSR count). The summed E-state index contributed by atoms with van der Waals surface area (Å²) in [5, 5.41) is 11.6. The third-order valence-corrected chi connectivity index (χ3v) is 3.33. The Morgan fingerprint density at radius 3 is 2.65 bits per heavy atom. The van der Waals surface area contributed by atoms with Crippen molar-refractivity contribution in [2.24, 2.45) is 12.2 Å². The Labute approximate surface area is 104 Å². The van der Waals surface area contributed by atoms with E-state index in [0.29, 0.717) is 0 Å². The van der Waals surface area contributed by atoms with Crippen molar-refractivity contribution in [2.45, 2.75) is 9.79 Å². The van der Waals surface area contributed by atoms with Gasteiger partial charge in [-0.3, -0.25) is 0 Å². The minimum absolute atomic E-state index is 0.855. The van der Waals surface area contributed by atoms with Gasteiger partial charge in [0.1, 0.15) is 13.3 Å². The maximum absolute atomic E-state index is 8.57. The number of nitrogens with zero attached hydrogens (tertiary/aromatic N) is 2. The Morgan fingerprint density at radius 1 is 1.18 bits per heavy atom. The highest BCUT2D eigenvalue weighted by atomic mass is 32.2. The van der Waals surface area contributed by atoms with E-state index in [1.54, 1.807) is 11.8 Å². The van der Waals surface area contributed by atoms with E-state index in [2.05, 4.69) is 17.3 Å². The highest BCUT2D eigenvalue weighted by Crippen LogP contribution is 2.26. The normalized spacial score (nSPS) is 10.9. The van der Waals surface area contributed by atoms with E-state index < -0.39 is 0 Å². The average molecular weight is 245 g/mol. The van der Waals surface area contributed by atoms with Crippen molar-refractivity contribution >= 4 is 18.0 Å². The van der Waals surface area contributed by atoms with Gasteiger partial charge in [-0.1, -0.05) is 35.1 Å². The summed E-state index contributed by atoms with van der Waals surface area (Å²) in [6.07, 6.45) is 3.37. The molecule has 1 aromatic heterocycles. The summed E-state index contributed by atoms with van der Waals surface area (Å²) in [5.41, 5.74) is 0.855. The summed E-state index contributed by atoms with van der Waals surface area (Å²) in [6.45, 7) is 0. The Morgan fingerprint density at radius 2 is 1.94 bits per heavy atom. The molecule has 0 aliphatic carbocycles. The molecule has 1 aromatic carbocycles. The summed E-state index contributed by atoms with van der Waals surface area (Å²) in [6, 6.07) is 14.2. The largest absolute Gasteiger partial charge is 0.411 e. The van der Waals surface area contributed by atoms with Crippen LogP contribution in [0.2, 0.25) is 0 Å². The third-order valence-electron chi connectivity index (χ3n) is 2.33. The maximum atomic E-state index is 8.57. The third kappa shape index (κ3) is 3.07. The second kappa shape index (κ2) is 5.50. The Hall–Kier alpha value is -1.81. The zero-order chi connectivity index (χ0) is 12.1. The molecule has 0 aliphatic rings. The molecular weight excluding hydrogens is 232 g/mol. The summed E-state index contributed by atoms with van der Waals surface area (Å²) in [4.78, 5) is 2.30. The smallest absolute Gasteiger partial charge is 0.227 e. The number of oxime groups is 1. The van der Waals surface area contributed by atoms with Crippen molar-refractivity contribution in [3.63, 3.8) is 0 Å². The summed E-state index contributed by atoms with van der Waals surface area (Å²) in [7, 11) is 1.91. The van der Waals surface area contributed by atoms with Crippen molar-refractivity contribution < 1.29 is 9.77 Å². The number of aryl methyl sites for hydroxylation is 1. The molecule has 0 aliphatic heterocycles. The lowest BCUT2D eigenvalue weighted by molar-refractivity contribution is -0.672. The van der Waals surface area contributed by atoms with Gasteiger partial charge in [0.05, 0.1) is 0 Å². The highest BCUT2D eigenvalue weighted by Gasteiger charge is 2.06. The van der Waals surface area contributed by atoms with Crippen LogP contribution in [0.5, 0.6) is 0 Å². The van der Waals surface area contributed by atoms with Crippen molar-refractivity contribution in [2.75, 3.05) is 0 Å². The van der Waals surface area contributed by atoms with Crippen LogP contribution in [-0.4, -0.2) is 11.4 Å². The van der Waals surface area contributed by atoms with Crippen molar-refractivity contribution in [1.82, 2.24) is 0 Å². The lowest BCUT2D eigenvalue weighted by Gasteiger charge is -2.01. The summed E-state index contributed by atoms with van der Waals surface area (Å²) < 4.78 is 1.90. The molecule has 1 heterocycles. The molecule has 1 N–H and O–H groups in total. The van der Waals surface area contributed by atoms with Gasteiger partial charge in [0.25, 0.3) is 0 Å². The van der Waals surface area contributed by atoms with Gasteiger partial charge in [-0.05, 0) is 12.1 Å². The van der Waals surface area contributed by atoms with Crippen LogP contribution in [0.3, 0.4) is 0 Å². The van der Waals surface area contributed by atoms with Crippen LogP contribution in [0.1, 0.15) is 5.69 Å². The van der Waals surface area contributed by atoms with Gasteiger partial charge in [0, 0.05) is 21.9 Å². The van der Waals surface area contributed by atoms with Gasteiger partial charge >= 0.3 is 0 Å². The minimum Gasteiger partial charge on any atom is -0.411 e. The summed E-state index contributed by atoms with van der Waals surface area (Å²) in [5.74, 6) is 0. The molecule has 0 saturated heterocycles. The van der Waals surface area contributed by atoms with E-state index in [9.17, 15) is 0 Å². The fourth-order valence-corrected chi connectivity index (χ4v) is 2.32. The Balaban J connectivity index is 2.25. The molecule has 0 fully saturated rings. The van der Waals surface area contributed by atoms with E-state index in [-0.39, 0.29) is 0 Å². The number of pyridine rings is 1. The standard InChI is InChI=1S/C13H12N2OS/c1-15-8-7-13(9-11(15)10-14-16)17-12-5-3-2-4-6-12/h2-10H,1H3/p+1. The Bertz CT molecular complexity index is 526. The van der Waals surface area contributed by atoms with Gasteiger partial charge in [-0.15, -0.1) is 0 Å². The number of hydrogen-bond acceptors (Lipinski definition) is 3. The number of aromatic nitrogens is 1. The van der Waals surface area contributed by atoms with Crippen LogP contribution in [0, 0.1) is 0 Å². The molecule has 0 bridgehead atoms. The van der Waals surface area contributed by atoms with E-state index in [0.717, 1.165) is 10.6 Å². The van der Waals surface area contributed by atoms with E-state index in [1.165, 1.54) is 11.1 Å². The molecule has 0 spiro atoms. The van der Waals surface area contributed by atoms with E-state index in [1.807, 2.05) is 48.1 Å². The molecule has 0 saturated carbocycles. The highest BCUT2D eigenvalue weighted by molar-refractivity contribution is 7.99. The first-order valence-corrected chi connectivity index (χ1v) is 6.01. The lowest BCUT2D eigenvalue weighted by Crippen LogP contribution is -2.32. The first-order chi connectivity index (χ1) is 8.29. The average Bonchev–Trinajstić information content (AvgIpc) is 2.35. The second-order valence-electron chi connectivity index (χ2n) is 3.56. The number of hydrogen-bond donors (Lipinski definition) is 1. The first-order valence-electron chi connectivity index (χ1n) is 5.19. The van der Waals surface area contributed by atoms with Crippen LogP contribution in [0.4, 0.5) is 0 Å². The maximum Gasteiger partial charge on any atom is 0.227 e. The lowest BCUT2D eigenvalue weighted by atomic mass is 10.3. The van der Waals surface area contributed by atoms with Crippen LogP contribution in [0.25, 0.3) is 0 Å². The topological polar surface area (TPSA) is 36.5 Å². The van der Waals surface area contributed by atoms with Gasteiger partial charge in [-0.25, -0.2) is 4.57 Å². The molecule has 0 radical (unpaired) electrons. The quantitative estimate of drug-likeness (QED) is 0.390. The second-order valence-corrected chi connectivity index (χ2v) is 4.70. The van der Waals surface area contributed by atoms with Gasteiger partial charge in [-0.2, -0.15) is 0 Å². The molecule has 17 heavy (non-hydrogen) atoms. The minimum atomic E-state index is 0.855. The Kier molecular flexibility index (Phi) is 3.77. The SMILES string of the molecule is C[n+]1ccc(Sc2ccccc2)cc1/C=N/O. The molecular formula is C13H13N2OS+. The first kappa shape index (κ1) is 11.7. The monoisotopic (exact) mass is 245 g/mol. The predicted molar refractivity (Wildman–Crippen MR) is 67.6 cm³/mol. The fraction of sp³-hybridized carbons (Fsp3) is 0.0769. The van der Waals surface area contributed by atoms with Crippen molar-refractivity contribution in [3.05, 3.63) is 54.4 Å². The van der Waals surface area contributed by atoms with Crippen LogP contribution >= 0.6 is 11.8 Å². The molecule has 2 aromatic rings. The fourth-order valence-electron chi connectivity index (χ4n) is 1.44. The van der Waals surface area contributed by atoms with Crippen molar-refractivity contribution in [3.8, 4) is 0 Å². The molecule has 3 nitrogen and oxygen atoms in total. The molecule has 0 unspecified atom stereocenters. The zero-order valence-electron chi connectivity index (χ0n) is 9.45. The molecule has 0 amide bonds. The predicted octanol–water partition coefficient (Wildman–Crippen LogP) is 2.47. The van der Waals surface area contributed by atoms with E-state index >= 15 is 0 Å².